The lowest BCUT2D eigenvalue weighted by Gasteiger charge is -2.48. The van der Waals surface area contributed by atoms with Crippen LogP contribution in [0.2, 0.25) is 0 Å². The van der Waals surface area contributed by atoms with Crippen molar-refractivity contribution in [2.75, 3.05) is 13.1 Å². The van der Waals surface area contributed by atoms with Crippen LogP contribution in [0.5, 0.6) is 0 Å². The molecule has 3 nitrogen and oxygen atoms in total. The fourth-order valence-corrected chi connectivity index (χ4v) is 3.25. The van der Waals surface area contributed by atoms with Crippen molar-refractivity contribution in [3.8, 4) is 0 Å². The average molecular weight is 289 g/mol. The van der Waals surface area contributed by atoms with E-state index in [9.17, 15) is 4.79 Å². The standard InChI is InChI=1S/C18H27NO2/c1-13-7-9-15(10-8-13)16(20)14(2)19-11-17(3,4)21-18(5,6)12-19/h7-10,14H,11-12H2,1-6H3. The molecule has 0 aromatic heterocycles. The van der Waals surface area contributed by atoms with E-state index in [0.717, 1.165) is 18.7 Å². The summed E-state index contributed by atoms with van der Waals surface area (Å²) in [6, 6.07) is 7.70. The number of carbonyl (C=O) groups is 1. The molecule has 1 fully saturated rings. The summed E-state index contributed by atoms with van der Waals surface area (Å²) in [5.41, 5.74) is 1.50. The Balaban J connectivity index is 2.17. The molecule has 0 radical (unpaired) electrons. The zero-order chi connectivity index (χ0) is 15.8. The third-order valence-electron chi connectivity index (χ3n) is 3.98. The second-order valence-electron chi connectivity index (χ2n) is 7.43. The molecule has 0 spiro atoms. The molecule has 1 saturated heterocycles. The topological polar surface area (TPSA) is 29.5 Å². The van der Waals surface area contributed by atoms with Gasteiger partial charge in [-0.15, -0.1) is 0 Å². The molecule has 1 unspecified atom stereocenters. The zero-order valence-corrected chi connectivity index (χ0v) is 14.1. The molecule has 1 aromatic rings. The van der Waals surface area contributed by atoms with Crippen LogP contribution in [0.4, 0.5) is 0 Å². The molecule has 116 valence electrons. The molecule has 0 amide bonds. The van der Waals surface area contributed by atoms with Gasteiger partial charge in [0.25, 0.3) is 0 Å². The first-order valence-corrected chi connectivity index (χ1v) is 7.65. The van der Waals surface area contributed by atoms with Crippen molar-refractivity contribution in [3.05, 3.63) is 35.4 Å². The molecule has 0 bridgehead atoms. The Morgan fingerprint density at radius 1 is 1.10 bits per heavy atom. The van der Waals surface area contributed by atoms with E-state index in [0.29, 0.717) is 0 Å². The Labute approximate surface area is 128 Å². The summed E-state index contributed by atoms with van der Waals surface area (Å²) in [6.07, 6.45) is 0. The maximum Gasteiger partial charge on any atom is 0.179 e. The molecule has 1 heterocycles. The largest absolute Gasteiger partial charge is 0.367 e. The van der Waals surface area contributed by atoms with Crippen LogP contribution < -0.4 is 0 Å². The summed E-state index contributed by atoms with van der Waals surface area (Å²) in [7, 11) is 0. The molecule has 0 saturated carbocycles. The van der Waals surface area contributed by atoms with E-state index in [1.807, 2.05) is 38.1 Å². The van der Waals surface area contributed by atoms with Crippen molar-refractivity contribution in [1.82, 2.24) is 4.90 Å². The summed E-state index contributed by atoms with van der Waals surface area (Å²) in [5, 5.41) is 0. The number of benzene rings is 1. The van der Waals surface area contributed by atoms with Crippen LogP contribution in [-0.4, -0.2) is 41.0 Å². The van der Waals surface area contributed by atoms with Crippen LogP contribution >= 0.6 is 0 Å². The van der Waals surface area contributed by atoms with Crippen LogP contribution in [0.3, 0.4) is 0 Å². The number of hydrogen-bond acceptors (Lipinski definition) is 3. The molecule has 0 N–H and O–H groups in total. The quantitative estimate of drug-likeness (QED) is 0.798. The summed E-state index contributed by atoms with van der Waals surface area (Å²) in [5.74, 6) is 0.184. The predicted octanol–water partition coefficient (Wildman–Crippen LogP) is 3.46. The Morgan fingerprint density at radius 3 is 2.05 bits per heavy atom. The Kier molecular flexibility index (Phi) is 4.27. The van der Waals surface area contributed by atoms with E-state index < -0.39 is 0 Å². The van der Waals surface area contributed by atoms with Gasteiger partial charge >= 0.3 is 0 Å². The Bertz CT molecular complexity index is 501. The van der Waals surface area contributed by atoms with Crippen LogP contribution in [0.15, 0.2) is 24.3 Å². The van der Waals surface area contributed by atoms with Crippen LogP contribution in [0, 0.1) is 6.92 Å². The number of ketones is 1. The number of carbonyl (C=O) groups excluding carboxylic acids is 1. The van der Waals surface area contributed by atoms with Gasteiger partial charge in [0.2, 0.25) is 0 Å². The fourth-order valence-electron chi connectivity index (χ4n) is 3.25. The van der Waals surface area contributed by atoms with Crippen molar-refractivity contribution in [2.45, 2.75) is 58.8 Å². The second-order valence-corrected chi connectivity index (χ2v) is 7.43. The van der Waals surface area contributed by atoms with Gasteiger partial charge < -0.3 is 4.74 Å². The molecule has 0 aliphatic carbocycles. The Morgan fingerprint density at radius 2 is 1.57 bits per heavy atom. The summed E-state index contributed by atoms with van der Waals surface area (Å²) >= 11 is 0. The summed E-state index contributed by atoms with van der Waals surface area (Å²) in [6.45, 7) is 13.9. The maximum absolute atomic E-state index is 12.7. The number of aryl methyl sites for hydroxylation is 1. The highest BCUT2D eigenvalue weighted by atomic mass is 16.5. The predicted molar refractivity (Wildman–Crippen MR) is 85.8 cm³/mol. The maximum atomic E-state index is 12.7. The van der Waals surface area contributed by atoms with Crippen molar-refractivity contribution in [3.63, 3.8) is 0 Å². The second kappa shape index (κ2) is 5.54. The molecule has 1 aliphatic heterocycles. The van der Waals surface area contributed by atoms with Gasteiger partial charge in [0.1, 0.15) is 0 Å². The third-order valence-corrected chi connectivity index (χ3v) is 3.98. The number of hydrogen-bond donors (Lipinski definition) is 0. The van der Waals surface area contributed by atoms with Crippen molar-refractivity contribution in [1.29, 1.82) is 0 Å². The molecular formula is C18H27NO2. The van der Waals surface area contributed by atoms with E-state index in [2.05, 4.69) is 32.6 Å². The number of rotatable bonds is 3. The van der Waals surface area contributed by atoms with Crippen molar-refractivity contribution in [2.24, 2.45) is 0 Å². The molecule has 1 aromatic carbocycles. The smallest absolute Gasteiger partial charge is 0.179 e. The minimum Gasteiger partial charge on any atom is -0.367 e. The zero-order valence-electron chi connectivity index (χ0n) is 14.1. The van der Waals surface area contributed by atoms with Crippen LogP contribution in [-0.2, 0) is 4.74 Å². The highest BCUT2D eigenvalue weighted by molar-refractivity contribution is 5.99. The first-order chi connectivity index (χ1) is 9.60. The molecule has 3 heteroatoms. The van der Waals surface area contributed by atoms with Gasteiger partial charge in [-0.3, -0.25) is 9.69 Å². The molecule has 2 rings (SSSR count). The number of nitrogens with zero attached hydrogens (tertiary/aromatic N) is 1. The highest BCUT2D eigenvalue weighted by Gasteiger charge is 2.41. The summed E-state index contributed by atoms with van der Waals surface area (Å²) < 4.78 is 6.09. The van der Waals surface area contributed by atoms with E-state index in [1.165, 1.54) is 5.56 Å². The number of Topliss-reactive ketones (excluding diaryl/α,β-unsaturated/α-hetero) is 1. The lowest BCUT2D eigenvalue weighted by molar-refractivity contribution is -0.183. The third kappa shape index (κ3) is 3.92. The van der Waals surface area contributed by atoms with Gasteiger partial charge in [-0.2, -0.15) is 0 Å². The van der Waals surface area contributed by atoms with E-state index in [4.69, 9.17) is 4.74 Å². The Hall–Kier alpha value is -1.19. The van der Waals surface area contributed by atoms with E-state index >= 15 is 0 Å². The normalized spacial score (nSPS) is 22.8. The number of morpholine rings is 1. The minimum absolute atomic E-state index is 0.129. The van der Waals surface area contributed by atoms with Gasteiger partial charge in [-0.1, -0.05) is 29.8 Å². The first-order valence-electron chi connectivity index (χ1n) is 7.65. The van der Waals surface area contributed by atoms with Gasteiger partial charge in [-0.25, -0.2) is 0 Å². The lowest BCUT2D eigenvalue weighted by atomic mass is 9.95. The lowest BCUT2D eigenvalue weighted by Crippen LogP contribution is -2.60. The van der Waals surface area contributed by atoms with Gasteiger partial charge in [-0.05, 0) is 41.5 Å². The average Bonchev–Trinajstić information content (AvgIpc) is 2.34. The SMILES string of the molecule is Cc1ccc(C(=O)C(C)N2CC(C)(C)OC(C)(C)C2)cc1. The molecular weight excluding hydrogens is 262 g/mol. The molecule has 1 atom stereocenters. The molecule has 21 heavy (non-hydrogen) atoms. The highest BCUT2D eigenvalue weighted by Crippen LogP contribution is 2.29. The first kappa shape index (κ1) is 16.2. The van der Waals surface area contributed by atoms with Gasteiger partial charge in [0, 0.05) is 18.7 Å². The van der Waals surface area contributed by atoms with Crippen LogP contribution in [0.1, 0.15) is 50.5 Å². The number of ether oxygens (including phenoxy) is 1. The minimum atomic E-state index is -0.233. The monoisotopic (exact) mass is 289 g/mol. The van der Waals surface area contributed by atoms with E-state index in [-0.39, 0.29) is 23.0 Å². The van der Waals surface area contributed by atoms with Gasteiger partial charge in [0.05, 0.1) is 17.2 Å². The molecule has 1 aliphatic rings. The van der Waals surface area contributed by atoms with Crippen LogP contribution in [0.25, 0.3) is 0 Å². The van der Waals surface area contributed by atoms with Crippen molar-refractivity contribution >= 4 is 5.78 Å². The fraction of sp³-hybridized carbons (Fsp3) is 0.611. The van der Waals surface area contributed by atoms with E-state index in [1.54, 1.807) is 0 Å². The van der Waals surface area contributed by atoms with Gasteiger partial charge in [0.15, 0.2) is 5.78 Å². The summed E-state index contributed by atoms with van der Waals surface area (Å²) in [4.78, 5) is 14.9. The van der Waals surface area contributed by atoms with Crippen molar-refractivity contribution < 1.29 is 9.53 Å².